The molecule has 9 heteroatoms. The van der Waals surface area contributed by atoms with E-state index >= 15 is 0 Å². The van der Waals surface area contributed by atoms with E-state index in [0.717, 1.165) is 6.07 Å². The van der Waals surface area contributed by atoms with Crippen molar-refractivity contribution in [2.75, 3.05) is 12.3 Å². The Morgan fingerprint density at radius 1 is 1.47 bits per heavy atom. The van der Waals surface area contributed by atoms with E-state index in [1.54, 1.807) is 6.92 Å². The minimum atomic E-state index is -4.92. The molecule has 0 fully saturated rings. The van der Waals surface area contributed by atoms with Gasteiger partial charge in [0.05, 0.1) is 12.3 Å². The molecule has 106 valence electrons. The number of hydrogen-bond donors (Lipinski definition) is 2. The number of carbonyl (C=O) groups excluding carboxylic acids is 1. The Morgan fingerprint density at radius 3 is 2.58 bits per heavy atom. The maximum atomic E-state index is 12.2. The summed E-state index contributed by atoms with van der Waals surface area (Å²) in [5.74, 6) is -1.83. The Labute approximate surface area is 106 Å². The molecule has 1 aromatic rings. The van der Waals surface area contributed by atoms with Gasteiger partial charge in [-0.2, -0.15) is 0 Å². The van der Waals surface area contributed by atoms with Crippen LogP contribution >= 0.6 is 0 Å². The summed E-state index contributed by atoms with van der Waals surface area (Å²) in [6.07, 6.45) is -4.92. The highest BCUT2D eigenvalue weighted by Gasteiger charge is 2.33. The van der Waals surface area contributed by atoms with Gasteiger partial charge in [0, 0.05) is 12.6 Å². The van der Waals surface area contributed by atoms with Crippen molar-refractivity contribution in [2.45, 2.75) is 19.8 Å². The quantitative estimate of drug-likeness (QED) is 0.803. The van der Waals surface area contributed by atoms with Crippen molar-refractivity contribution in [3.05, 3.63) is 17.3 Å². The second kappa shape index (κ2) is 5.74. The molecule has 0 bridgehead atoms. The number of esters is 1. The molecule has 4 N–H and O–H groups in total. The van der Waals surface area contributed by atoms with Crippen LogP contribution in [0, 0.1) is 0 Å². The van der Waals surface area contributed by atoms with Crippen LogP contribution < -0.4 is 16.2 Å². The van der Waals surface area contributed by atoms with Crippen LogP contribution in [-0.4, -0.2) is 23.9 Å². The Kier molecular flexibility index (Phi) is 4.54. The number of ether oxygens (including phenoxy) is 2. The molecule has 0 saturated carbocycles. The lowest BCUT2D eigenvalue weighted by molar-refractivity contribution is -0.275. The third-order valence-electron chi connectivity index (χ3n) is 2.01. The molecule has 0 aliphatic rings. The molecule has 0 spiro atoms. The van der Waals surface area contributed by atoms with Crippen LogP contribution in [0.4, 0.5) is 19.0 Å². The van der Waals surface area contributed by atoms with Gasteiger partial charge >= 0.3 is 12.3 Å². The number of halogens is 3. The summed E-state index contributed by atoms with van der Waals surface area (Å²) in [5.41, 5.74) is 10.2. The molecule has 6 nitrogen and oxygen atoms in total. The van der Waals surface area contributed by atoms with Crippen LogP contribution in [0.5, 0.6) is 5.75 Å². The fourth-order valence-corrected chi connectivity index (χ4v) is 1.28. The number of alkyl halides is 3. The van der Waals surface area contributed by atoms with Gasteiger partial charge in [0.1, 0.15) is 11.4 Å². The molecule has 1 rings (SSSR count). The monoisotopic (exact) mass is 279 g/mol. The number of pyridine rings is 1. The number of aromatic nitrogens is 1. The van der Waals surface area contributed by atoms with E-state index in [9.17, 15) is 18.0 Å². The van der Waals surface area contributed by atoms with Crippen molar-refractivity contribution < 1.29 is 27.4 Å². The predicted octanol–water partition coefficient (Wildman–Crippen LogP) is 1.20. The van der Waals surface area contributed by atoms with Crippen LogP contribution in [0.2, 0.25) is 0 Å². The van der Waals surface area contributed by atoms with Crippen molar-refractivity contribution in [3.63, 3.8) is 0 Å². The van der Waals surface area contributed by atoms with E-state index < -0.39 is 18.1 Å². The first kappa shape index (κ1) is 15.0. The van der Waals surface area contributed by atoms with Crippen LogP contribution in [0.3, 0.4) is 0 Å². The van der Waals surface area contributed by atoms with E-state index in [0.29, 0.717) is 0 Å². The average molecular weight is 279 g/mol. The highest BCUT2D eigenvalue weighted by molar-refractivity contribution is 5.94. The van der Waals surface area contributed by atoms with Crippen molar-refractivity contribution in [1.82, 2.24) is 4.98 Å². The zero-order valence-electron chi connectivity index (χ0n) is 9.95. The maximum absolute atomic E-state index is 12.2. The van der Waals surface area contributed by atoms with Gasteiger partial charge in [-0.3, -0.25) is 0 Å². The first-order valence-corrected chi connectivity index (χ1v) is 5.20. The number of carbonyl (C=O) groups is 1. The molecule has 0 unspecified atom stereocenters. The summed E-state index contributed by atoms with van der Waals surface area (Å²) in [6, 6.07) is 0.815. The van der Waals surface area contributed by atoms with Crippen LogP contribution in [-0.2, 0) is 11.3 Å². The summed E-state index contributed by atoms with van der Waals surface area (Å²) >= 11 is 0. The van der Waals surface area contributed by atoms with Crippen molar-refractivity contribution in [3.8, 4) is 5.75 Å². The van der Waals surface area contributed by atoms with E-state index in [4.69, 9.17) is 11.5 Å². The van der Waals surface area contributed by atoms with E-state index in [1.807, 2.05) is 0 Å². The minimum Gasteiger partial charge on any atom is -0.462 e. The lowest BCUT2D eigenvalue weighted by Gasteiger charge is -2.14. The lowest BCUT2D eigenvalue weighted by Crippen LogP contribution is -2.21. The van der Waals surface area contributed by atoms with Gasteiger partial charge in [-0.25, -0.2) is 9.78 Å². The van der Waals surface area contributed by atoms with Crippen molar-refractivity contribution in [1.29, 1.82) is 0 Å². The Balaban J connectivity index is 3.21. The van der Waals surface area contributed by atoms with Gasteiger partial charge in [-0.05, 0) is 6.92 Å². The number of rotatable bonds is 4. The number of anilines is 1. The van der Waals surface area contributed by atoms with Crippen LogP contribution in [0.25, 0.3) is 0 Å². The van der Waals surface area contributed by atoms with E-state index in [-0.39, 0.29) is 30.2 Å². The SMILES string of the molecule is CCOC(=O)c1cc(OC(F)(F)F)c(CN)nc1N. The van der Waals surface area contributed by atoms with Crippen LogP contribution in [0.15, 0.2) is 6.07 Å². The zero-order valence-corrected chi connectivity index (χ0v) is 9.95. The summed E-state index contributed by atoms with van der Waals surface area (Å²) in [6.45, 7) is 1.27. The molecule has 0 radical (unpaired) electrons. The first-order valence-electron chi connectivity index (χ1n) is 5.20. The number of nitrogen functional groups attached to an aromatic ring is 1. The molecule has 0 aliphatic heterocycles. The smallest absolute Gasteiger partial charge is 0.462 e. The standard InChI is InChI=1S/C10H12F3N3O3/c1-2-18-9(17)5-3-7(19-10(11,12)13)6(4-14)16-8(5)15/h3H,2,4,14H2,1H3,(H2,15,16). The Bertz CT molecular complexity index is 477. The average Bonchev–Trinajstić information content (AvgIpc) is 2.29. The fourth-order valence-electron chi connectivity index (χ4n) is 1.28. The number of nitrogens with zero attached hydrogens (tertiary/aromatic N) is 1. The molecular weight excluding hydrogens is 267 g/mol. The summed E-state index contributed by atoms with van der Waals surface area (Å²) in [5, 5.41) is 0. The summed E-state index contributed by atoms with van der Waals surface area (Å²) in [4.78, 5) is 15.1. The lowest BCUT2D eigenvalue weighted by atomic mass is 10.2. The minimum absolute atomic E-state index is 0.0480. The molecule has 19 heavy (non-hydrogen) atoms. The highest BCUT2D eigenvalue weighted by atomic mass is 19.4. The molecule has 0 aliphatic carbocycles. The summed E-state index contributed by atoms with van der Waals surface area (Å²) in [7, 11) is 0. The van der Waals surface area contributed by atoms with Gasteiger partial charge in [0.15, 0.2) is 5.75 Å². The number of nitrogens with two attached hydrogens (primary N) is 2. The largest absolute Gasteiger partial charge is 0.573 e. The topological polar surface area (TPSA) is 100 Å². The summed E-state index contributed by atoms with van der Waals surface area (Å²) < 4.78 is 45.0. The second-order valence-corrected chi connectivity index (χ2v) is 3.34. The molecular formula is C10H12F3N3O3. The molecule has 1 aromatic heterocycles. The first-order chi connectivity index (χ1) is 8.78. The molecule has 0 atom stereocenters. The molecule has 0 aromatic carbocycles. The van der Waals surface area contributed by atoms with Gasteiger partial charge in [-0.15, -0.1) is 13.2 Å². The van der Waals surface area contributed by atoms with Gasteiger partial charge in [-0.1, -0.05) is 0 Å². The fraction of sp³-hybridized carbons (Fsp3) is 0.400. The zero-order chi connectivity index (χ0) is 14.6. The third kappa shape index (κ3) is 3.98. The molecule has 1 heterocycles. The van der Waals surface area contributed by atoms with Gasteiger partial charge < -0.3 is 20.9 Å². The second-order valence-electron chi connectivity index (χ2n) is 3.34. The Hall–Kier alpha value is -2.03. The normalized spacial score (nSPS) is 11.2. The number of hydrogen-bond acceptors (Lipinski definition) is 6. The highest BCUT2D eigenvalue weighted by Crippen LogP contribution is 2.28. The Morgan fingerprint density at radius 2 is 2.11 bits per heavy atom. The van der Waals surface area contributed by atoms with Crippen LogP contribution in [0.1, 0.15) is 23.0 Å². The van der Waals surface area contributed by atoms with Gasteiger partial charge in [0.2, 0.25) is 0 Å². The van der Waals surface area contributed by atoms with Crippen molar-refractivity contribution >= 4 is 11.8 Å². The molecule has 0 saturated heterocycles. The molecule has 0 amide bonds. The van der Waals surface area contributed by atoms with Crippen molar-refractivity contribution in [2.24, 2.45) is 5.73 Å². The maximum Gasteiger partial charge on any atom is 0.573 e. The third-order valence-corrected chi connectivity index (χ3v) is 2.01. The van der Waals surface area contributed by atoms with E-state index in [2.05, 4.69) is 14.5 Å². The predicted molar refractivity (Wildman–Crippen MR) is 59.2 cm³/mol. The van der Waals surface area contributed by atoms with E-state index in [1.165, 1.54) is 0 Å². The van der Waals surface area contributed by atoms with Gasteiger partial charge in [0.25, 0.3) is 0 Å².